The summed E-state index contributed by atoms with van der Waals surface area (Å²) < 4.78 is 1.11. The van der Waals surface area contributed by atoms with Gasteiger partial charge in [-0.2, -0.15) is 4.98 Å². The second-order valence-corrected chi connectivity index (χ2v) is 7.40. The second-order valence-electron chi connectivity index (χ2n) is 5.11. The molecule has 1 aliphatic rings. The van der Waals surface area contributed by atoms with E-state index in [-0.39, 0.29) is 0 Å². The first-order valence-electron chi connectivity index (χ1n) is 6.82. The summed E-state index contributed by atoms with van der Waals surface area (Å²) in [6.07, 6.45) is 2.41. The Kier molecular flexibility index (Phi) is 4.38. The SMILES string of the molecule is CNCC1CCN(c2n[nH]c(-c3csc(Br)c3)n2)CC1. The van der Waals surface area contributed by atoms with Crippen molar-refractivity contribution in [3.05, 3.63) is 15.2 Å². The summed E-state index contributed by atoms with van der Waals surface area (Å²) >= 11 is 5.13. The topological polar surface area (TPSA) is 56.8 Å². The lowest BCUT2D eigenvalue weighted by atomic mass is 9.97. The third-order valence-electron chi connectivity index (χ3n) is 3.70. The molecular weight excluding hydrogens is 338 g/mol. The third-order valence-corrected chi connectivity index (χ3v) is 5.21. The van der Waals surface area contributed by atoms with Crippen LogP contribution in [-0.2, 0) is 0 Å². The van der Waals surface area contributed by atoms with E-state index in [1.54, 1.807) is 11.3 Å². The van der Waals surface area contributed by atoms with E-state index in [1.165, 1.54) is 12.8 Å². The first-order valence-corrected chi connectivity index (χ1v) is 8.50. The second kappa shape index (κ2) is 6.24. The van der Waals surface area contributed by atoms with Crippen LogP contribution in [0.15, 0.2) is 15.2 Å². The third kappa shape index (κ3) is 3.05. The van der Waals surface area contributed by atoms with Gasteiger partial charge in [-0.3, -0.25) is 5.10 Å². The van der Waals surface area contributed by atoms with Crippen LogP contribution in [0.25, 0.3) is 11.4 Å². The monoisotopic (exact) mass is 355 g/mol. The Morgan fingerprint density at radius 3 is 2.95 bits per heavy atom. The van der Waals surface area contributed by atoms with Crippen LogP contribution in [-0.4, -0.2) is 41.9 Å². The van der Waals surface area contributed by atoms with E-state index in [9.17, 15) is 0 Å². The van der Waals surface area contributed by atoms with Gasteiger partial charge in [-0.15, -0.1) is 16.4 Å². The standard InChI is InChI=1S/C13H18BrN5S/c1-15-7-9-2-4-19(5-3-9)13-16-12(17-18-13)10-6-11(14)20-8-10/h6,8-9,15H,2-5,7H2,1H3,(H,16,17,18). The zero-order valence-corrected chi connectivity index (χ0v) is 13.8. The summed E-state index contributed by atoms with van der Waals surface area (Å²) in [5, 5.41) is 12.7. The molecule has 0 unspecified atom stereocenters. The Morgan fingerprint density at radius 2 is 2.30 bits per heavy atom. The molecule has 108 valence electrons. The lowest BCUT2D eigenvalue weighted by Crippen LogP contribution is -2.37. The smallest absolute Gasteiger partial charge is 0.245 e. The number of nitrogens with one attached hydrogen (secondary N) is 2. The Hall–Kier alpha value is -0.920. The number of nitrogens with zero attached hydrogens (tertiary/aromatic N) is 3. The predicted octanol–water partition coefficient (Wildman–Crippen LogP) is 2.73. The average molecular weight is 356 g/mol. The Labute approximate surface area is 130 Å². The molecule has 0 radical (unpaired) electrons. The highest BCUT2D eigenvalue weighted by Gasteiger charge is 2.21. The fourth-order valence-corrected chi connectivity index (χ4v) is 3.72. The molecule has 0 aromatic carbocycles. The number of thiophene rings is 1. The van der Waals surface area contributed by atoms with Crippen molar-refractivity contribution in [2.45, 2.75) is 12.8 Å². The van der Waals surface area contributed by atoms with Crippen LogP contribution < -0.4 is 10.2 Å². The number of aromatic amines is 1. The number of halogens is 1. The number of H-pyrrole nitrogens is 1. The lowest BCUT2D eigenvalue weighted by molar-refractivity contribution is 0.391. The molecule has 20 heavy (non-hydrogen) atoms. The maximum atomic E-state index is 4.62. The molecule has 0 bridgehead atoms. The maximum Gasteiger partial charge on any atom is 0.245 e. The van der Waals surface area contributed by atoms with E-state index in [0.717, 1.165) is 46.7 Å². The van der Waals surface area contributed by atoms with Gasteiger partial charge in [0.2, 0.25) is 5.95 Å². The van der Waals surface area contributed by atoms with Crippen LogP contribution in [0.1, 0.15) is 12.8 Å². The van der Waals surface area contributed by atoms with E-state index >= 15 is 0 Å². The number of rotatable bonds is 4. The maximum absolute atomic E-state index is 4.62. The van der Waals surface area contributed by atoms with Crippen molar-refractivity contribution in [3.8, 4) is 11.4 Å². The molecule has 3 heterocycles. The van der Waals surface area contributed by atoms with Crippen LogP contribution in [0, 0.1) is 5.92 Å². The van der Waals surface area contributed by atoms with Crippen LogP contribution in [0.4, 0.5) is 5.95 Å². The summed E-state index contributed by atoms with van der Waals surface area (Å²) in [5.74, 6) is 2.45. The minimum absolute atomic E-state index is 0.780. The summed E-state index contributed by atoms with van der Waals surface area (Å²) in [4.78, 5) is 6.89. The lowest BCUT2D eigenvalue weighted by Gasteiger charge is -2.30. The highest BCUT2D eigenvalue weighted by Crippen LogP contribution is 2.28. The van der Waals surface area contributed by atoms with E-state index < -0.39 is 0 Å². The molecule has 1 saturated heterocycles. The number of anilines is 1. The van der Waals surface area contributed by atoms with Gasteiger partial charge in [0, 0.05) is 24.0 Å². The van der Waals surface area contributed by atoms with Crippen molar-refractivity contribution in [1.29, 1.82) is 0 Å². The van der Waals surface area contributed by atoms with Gasteiger partial charge in [-0.05, 0) is 54.3 Å². The van der Waals surface area contributed by atoms with Crippen molar-refractivity contribution >= 4 is 33.2 Å². The van der Waals surface area contributed by atoms with Crippen molar-refractivity contribution in [1.82, 2.24) is 20.5 Å². The highest BCUT2D eigenvalue weighted by molar-refractivity contribution is 9.11. The molecule has 2 aromatic heterocycles. The van der Waals surface area contributed by atoms with Crippen LogP contribution in [0.2, 0.25) is 0 Å². The number of hydrogen-bond acceptors (Lipinski definition) is 5. The quantitative estimate of drug-likeness (QED) is 0.885. The molecule has 0 saturated carbocycles. The van der Waals surface area contributed by atoms with Gasteiger partial charge in [0.1, 0.15) is 0 Å². The largest absolute Gasteiger partial charge is 0.340 e. The summed E-state index contributed by atoms with van der Waals surface area (Å²) in [7, 11) is 2.02. The van der Waals surface area contributed by atoms with E-state index in [4.69, 9.17) is 0 Å². The first kappa shape index (κ1) is 14.0. The van der Waals surface area contributed by atoms with Crippen molar-refractivity contribution in [2.75, 3.05) is 31.6 Å². The molecule has 1 fully saturated rings. The minimum Gasteiger partial charge on any atom is -0.340 e. The molecule has 5 nitrogen and oxygen atoms in total. The zero-order valence-electron chi connectivity index (χ0n) is 11.4. The van der Waals surface area contributed by atoms with Crippen molar-refractivity contribution in [3.63, 3.8) is 0 Å². The van der Waals surface area contributed by atoms with E-state index in [2.05, 4.69) is 52.8 Å². The van der Waals surface area contributed by atoms with Gasteiger partial charge in [0.15, 0.2) is 5.82 Å². The number of aromatic nitrogens is 3. The Morgan fingerprint density at radius 1 is 1.50 bits per heavy atom. The van der Waals surface area contributed by atoms with E-state index in [0.29, 0.717) is 0 Å². The number of hydrogen-bond donors (Lipinski definition) is 2. The van der Waals surface area contributed by atoms with Gasteiger partial charge < -0.3 is 10.2 Å². The molecule has 0 aliphatic carbocycles. The van der Waals surface area contributed by atoms with Crippen LogP contribution >= 0.6 is 27.3 Å². The van der Waals surface area contributed by atoms with Gasteiger partial charge in [-0.25, -0.2) is 0 Å². The molecule has 3 rings (SSSR count). The van der Waals surface area contributed by atoms with Crippen LogP contribution in [0.5, 0.6) is 0 Å². The molecule has 0 amide bonds. The minimum atomic E-state index is 0.780. The number of piperidine rings is 1. The van der Waals surface area contributed by atoms with E-state index in [1.807, 2.05) is 7.05 Å². The highest BCUT2D eigenvalue weighted by atomic mass is 79.9. The molecule has 1 aliphatic heterocycles. The first-order chi connectivity index (χ1) is 9.76. The molecule has 2 aromatic rings. The molecule has 0 spiro atoms. The Balaban J connectivity index is 1.66. The molecule has 0 atom stereocenters. The van der Waals surface area contributed by atoms with Gasteiger partial charge >= 0.3 is 0 Å². The van der Waals surface area contributed by atoms with Gasteiger partial charge in [-0.1, -0.05) is 0 Å². The van der Waals surface area contributed by atoms with Crippen LogP contribution in [0.3, 0.4) is 0 Å². The van der Waals surface area contributed by atoms with Gasteiger partial charge in [0.25, 0.3) is 0 Å². The molecular formula is C13H18BrN5S. The normalized spacial score (nSPS) is 16.8. The van der Waals surface area contributed by atoms with Crippen molar-refractivity contribution in [2.24, 2.45) is 5.92 Å². The van der Waals surface area contributed by atoms with Crippen molar-refractivity contribution < 1.29 is 0 Å². The zero-order chi connectivity index (χ0) is 13.9. The Bertz CT molecular complexity index is 559. The predicted molar refractivity (Wildman–Crippen MR) is 86.3 cm³/mol. The average Bonchev–Trinajstić information content (AvgIpc) is 3.09. The fourth-order valence-electron chi connectivity index (χ4n) is 2.58. The summed E-state index contributed by atoms with van der Waals surface area (Å²) in [5.41, 5.74) is 1.09. The summed E-state index contributed by atoms with van der Waals surface area (Å²) in [6, 6.07) is 2.06. The summed E-state index contributed by atoms with van der Waals surface area (Å²) in [6.45, 7) is 3.18. The molecule has 2 N–H and O–H groups in total. The molecule has 7 heteroatoms. The van der Waals surface area contributed by atoms with Gasteiger partial charge in [0.05, 0.1) is 3.79 Å². The fraction of sp³-hybridized carbons (Fsp3) is 0.538.